The van der Waals surface area contributed by atoms with Crippen molar-refractivity contribution >= 4 is 21.8 Å². The molecule has 0 radical (unpaired) electrons. The van der Waals surface area contributed by atoms with E-state index in [2.05, 4.69) is 26.9 Å². The standard InChI is InChI=1S/C29H35N3O5S/c1-21(33)22-9-8-12-25(19-22)32-38(35,36)31-24-15-17-29(18-16-24,23-10-4-3-5-11-23)20-30-28(34)26-13-6-7-14-27(26)37-2/h3-14,19,21,24,31-33H,15-18,20H2,1-2H3,(H,30,34). The number of hydrogen-bond donors (Lipinski definition) is 4. The highest BCUT2D eigenvalue weighted by Crippen LogP contribution is 2.39. The van der Waals surface area contributed by atoms with E-state index in [-0.39, 0.29) is 17.4 Å². The normalized spacial score (nSPS) is 20.3. The topological polar surface area (TPSA) is 117 Å². The largest absolute Gasteiger partial charge is 0.496 e. The van der Waals surface area contributed by atoms with Crippen LogP contribution in [0.3, 0.4) is 0 Å². The fourth-order valence-electron chi connectivity index (χ4n) is 5.09. The Morgan fingerprint density at radius 1 is 1.03 bits per heavy atom. The molecule has 1 amide bonds. The summed E-state index contributed by atoms with van der Waals surface area (Å²) in [4.78, 5) is 13.0. The Morgan fingerprint density at radius 2 is 1.71 bits per heavy atom. The minimum Gasteiger partial charge on any atom is -0.496 e. The van der Waals surface area contributed by atoms with Crippen molar-refractivity contribution < 1.29 is 23.1 Å². The summed E-state index contributed by atoms with van der Waals surface area (Å²) in [6.07, 6.45) is 1.95. The van der Waals surface area contributed by atoms with Gasteiger partial charge < -0.3 is 15.2 Å². The summed E-state index contributed by atoms with van der Waals surface area (Å²) in [5, 5.41) is 12.9. The number of anilines is 1. The number of nitrogens with one attached hydrogen (secondary N) is 3. The number of methoxy groups -OCH3 is 1. The van der Waals surface area contributed by atoms with Crippen LogP contribution in [0.25, 0.3) is 0 Å². The van der Waals surface area contributed by atoms with Gasteiger partial charge in [-0.3, -0.25) is 9.52 Å². The summed E-state index contributed by atoms with van der Waals surface area (Å²) in [6.45, 7) is 2.06. The molecule has 0 spiro atoms. The quantitative estimate of drug-likeness (QED) is 0.308. The summed E-state index contributed by atoms with van der Waals surface area (Å²) in [5.41, 5.74) is 2.30. The lowest BCUT2D eigenvalue weighted by atomic mass is 9.68. The molecular formula is C29H35N3O5S. The second-order valence-electron chi connectivity index (χ2n) is 9.83. The molecule has 3 aromatic carbocycles. The van der Waals surface area contributed by atoms with Crippen LogP contribution in [0.5, 0.6) is 5.75 Å². The number of benzene rings is 3. The second-order valence-corrected chi connectivity index (χ2v) is 11.3. The highest BCUT2D eigenvalue weighted by Gasteiger charge is 2.38. The minimum atomic E-state index is -3.81. The first-order valence-corrected chi connectivity index (χ1v) is 14.2. The number of para-hydroxylation sites is 1. The van der Waals surface area contributed by atoms with E-state index in [1.54, 1.807) is 56.5 Å². The maximum atomic E-state index is 13.0. The molecule has 4 rings (SSSR count). The molecular weight excluding hydrogens is 502 g/mol. The van der Waals surface area contributed by atoms with Crippen LogP contribution in [0, 0.1) is 0 Å². The van der Waals surface area contributed by atoms with E-state index in [9.17, 15) is 18.3 Å². The van der Waals surface area contributed by atoms with Gasteiger partial charge in [0.05, 0.1) is 24.5 Å². The summed E-state index contributed by atoms with van der Waals surface area (Å²) in [6, 6.07) is 23.7. The molecule has 202 valence electrons. The zero-order chi connectivity index (χ0) is 27.2. The zero-order valence-electron chi connectivity index (χ0n) is 21.7. The van der Waals surface area contributed by atoms with E-state index in [0.717, 1.165) is 5.56 Å². The van der Waals surface area contributed by atoms with Crippen LogP contribution in [0.1, 0.15) is 60.2 Å². The lowest BCUT2D eigenvalue weighted by molar-refractivity contribution is 0.0932. The van der Waals surface area contributed by atoms with Crippen LogP contribution in [0.2, 0.25) is 0 Å². The lowest BCUT2D eigenvalue weighted by Crippen LogP contribution is -2.48. The number of ether oxygens (including phenoxy) is 1. The molecule has 1 atom stereocenters. The average Bonchev–Trinajstić information content (AvgIpc) is 2.92. The van der Waals surface area contributed by atoms with Gasteiger partial charge in [-0.1, -0.05) is 54.6 Å². The van der Waals surface area contributed by atoms with Crippen LogP contribution in [-0.4, -0.2) is 39.1 Å². The van der Waals surface area contributed by atoms with Gasteiger partial charge in [-0.25, -0.2) is 0 Å². The molecule has 0 bridgehead atoms. The van der Waals surface area contributed by atoms with Crippen LogP contribution >= 0.6 is 0 Å². The van der Waals surface area contributed by atoms with Gasteiger partial charge >= 0.3 is 0 Å². The van der Waals surface area contributed by atoms with Crippen molar-refractivity contribution in [2.75, 3.05) is 18.4 Å². The molecule has 0 heterocycles. The van der Waals surface area contributed by atoms with Crippen molar-refractivity contribution in [2.45, 2.75) is 50.2 Å². The Bertz CT molecular complexity index is 1340. The lowest BCUT2D eigenvalue weighted by Gasteiger charge is -2.41. The molecule has 1 saturated carbocycles. The first-order valence-electron chi connectivity index (χ1n) is 12.8. The van der Waals surface area contributed by atoms with E-state index in [1.807, 2.05) is 24.3 Å². The van der Waals surface area contributed by atoms with Gasteiger partial charge in [0.1, 0.15) is 5.75 Å². The number of aliphatic hydroxyl groups is 1. The Balaban J connectivity index is 1.43. The molecule has 3 aromatic rings. The first kappa shape index (κ1) is 27.6. The predicted octanol–water partition coefficient (Wildman–Crippen LogP) is 4.31. The van der Waals surface area contributed by atoms with E-state index >= 15 is 0 Å². The van der Waals surface area contributed by atoms with Gasteiger partial charge in [0.2, 0.25) is 0 Å². The van der Waals surface area contributed by atoms with Gasteiger partial charge in [0, 0.05) is 18.0 Å². The first-order chi connectivity index (χ1) is 18.2. The molecule has 8 nitrogen and oxygen atoms in total. The van der Waals surface area contributed by atoms with Gasteiger partial charge in [-0.15, -0.1) is 0 Å². The van der Waals surface area contributed by atoms with E-state index in [1.165, 1.54) is 0 Å². The summed E-state index contributed by atoms with van der Waals surface area (Å²) in [7, 11) is -2.27. The van der Waals surface area contributed by atoms with Gasteiger partial charge in [-0.05, 0) is 68.0 Å². The maximum absolute atomic E-state index is 13.0. The van der Waals surface area contributed by atoms with Crippen LogP contribution in [-0.2, 0) is 15.6 Å². The molecule has 1 fully saturated rings. The van der Waals surface area contributed by atoms with Gasteiger partial charge in [0.15, 0.2) is 0 Å². The number of amides is 1. The summed E-state index contributed by atoms with van der Waals surface area (Å²) >= 11 is 0. The van der Waals surface area contributed by atoms with Crippen LogP contribution in [0.15, 0.2) is 78.9 Å². The zero-order valence-corrected chi connectivity index (χ0v) is 22.5. The Kier molecular flexibility index (Phi) is 8.71. The van der Waals surface area contributed by atoms with Crippen molar-refractivity contribution in [1.29, 1.82) is 0 Å². The van der Waals surface area contributed by atoms with Crippen molar-refractivity contribution in [2.24, 2.45) is 0 Å². The Labute approximate surface area is 224 Å². The third-order valence-electron chi connectivity index (χ3n) is 7.21. The Hall–Kier alpha value is -3.40. The Morgan fingerprint density at radius 3 is 2.39 bits per heavy atom. The number of rotatable bonds is 10. The molecule has 38 heavy (non-hydrogen) atoms. The molecule has 1 aliphatic rings. The maximum Gasteiger partial charge on any atom is 0.299 e. The second kappa shape index (κ2) is 12.0. The molecule has 4 N–H and O–H groups in total. The van der Waals surface area contributed by atoms with Crippen molar-refractivity contribution in [3.8, 4) is 5.75 Å². The van der Waals surface area contributed by atoms with Crippen LogP contribution in [0.4, 0.5) is 5.69 Å². The number of carbonyl (C=O) groups excluding carboxylic acids is 1. The molecule has 0 saturated heterocycles. The third kappa shape index (κ3) is 6.72. The van der Waals surface area contributed by atoms with E-state index in [0.29, 0.717) is 54.8 Å². The van der Waals surface area contributed by atoms with E-state index < -0.39 is 16.3 Å². The summed E-state index contributed by atoms with van der Waals surface area (Å²) < 4.78 is 36.4. The fourth-order valence-corrected chi connectivity index (χ4v) is 6.26. The van der Waals surface area contributed by atoms with Crippen molar-refractivity contribution in [1.82, 2.24) is 10.0 Å². The minimum absolute atomic E-state index is 0.204. The predicted molar refractivity (Wildman–Crippen MR) is 148 cm³/mol. The molecule has 1 unspecified atom stereocenters. The molecule has 0 aliphatic heterocycles. The van der Waals surface area contributed by atoms with Gasteiger partial charge in [-0.2, -0.15) is 13.1 Å². The molecule has 9 heteroatoms. The van der Waals surface area contributed by atoms with Crippen molar-refractivity contribution in [3.63, 3.8) is 0 Å². The highest BCUT2D eigenvalue weighted by atomic mass is 32.2. The number of hydrogen-bond acceptors (Lipinski definition) is 5. The van der Waals surface area contributed by atoms with Gasteiger partial charge in [0.25, 0.3) is 16.1 Å². The third-order valence-corrected chi connectivity index (χ3v) is 8.36. The summed E-state index contributed by atoms with van der Waals surface area (Å²) in [5.74, 6) is 0.313. The number of carbonyl (C=O) groups is 1. The van der Waals surface area contributed by atoms with Crippen molar-refractivity contribution in [3.05, 3.63) is 95.6 Å². The van der Waals surface area contributed by atoms with E-state index in [4.69, 9.17) is 4.74 Å². The fraction of sp³-hybridized carbons (Fsp3) is 0.345. The number of aliphatic hydroxyl groups excluding tert-OH is 1. The smallest absolute Gasteiger partial charge is 0.299 e. The van der Waals surface area contributed by atoms with Crippen LogP contribution < -0.4 is 19.5 Å². The highest BCUT2D eigenvalue weighted by molar-refractivity contribution is 7.90. The molecule has 0 aromatic heterocycles. The monoisotopic (exact) mass is 537 g/mol. The average molecular weight is 538 g/mol. The molecule has 1 aliphatic carbocycles. The SMILES string of the molecule is COc1ccccc1C(=O)NCC1(c2ccccc2)CCC(NS(=O)(=O)Nc2cccc(C(C)O)c2)CC1.